The van der Waals surface area contributed by atoms with E-state index in [9.17, 15) is 26.3 Å². The van der Waals surface area contributed by atoms with E-state index < -0.39 is 40.7 Å². The lowest BCUT2D eigenvalue weighted by Gasteiger charge is -2.28. The first-order chi connectivity index (χ1) is 16.0. The predicted molar refractivity (Wildman–Crippen MR) is 118 cm³/mol. The quantitative estimate of drug-likeness (QED) is 0.385. The molecular formula is C27H30F6O. The van der Waals surface area contributed by atoms with Crippen molar-refractivity contribution in [3.05, 3.63) is 64.2 Å². The molecule has 0 bridgehead atoms. The molecule has 0 unspecified atom stereocenters. The van der Waals surface area contributed by atoms with Gasteiger partial charge in [0.05, 0.1) is 0 Å². The van der Waals surface area contributed by atoms with Gasteiger partial charge in [-0.1, -0.05) is 39.5 Å². The fourth-order valence-electron chi connectivity index (χ4n) is 5.46. The highest BCUT2D eigenvalue weighted by Crippen LogP contribution is 2.42. The summed E-state index contributed by atoms with van der Waals surface area (Å²) in [6.07, 6.45) is 1.69. The van der Waals surface area contributed by atoms with Crippen molar-refractivity contribution in [1.82, 2.24) is 0 Å². The summed E-state index contributed by atoms with van der Waals surface area (Å²) in [5.41, 5.74) is -1.37. The van der Waals surface area contributed by atoms with Crippen LogP contribution in [-0.4, -0.2) is 0 Å². The van der Waals surface area contributed by atoms with Crippen molar-refractivity contribution in [2.45, 2.75) is 83.2 Å². The Morgan fingerprint density at radius 2 is 1.09 bits per heavy atom. The second-order valence-corrected chi connectivity index (χ2v) is 10.2. The van der Waals surface area contributed by atoms with Crippen molar-refractivity contribution < 1.29 is 31.1 Å². The Balaban J connectivity index is 1.56. The molecule has 2 saturated carbocycles. The van der Waals surface area contributed by atoms with Gasteiger partial charge in [-0.05, 0) is 67.1 Å². The first kappa shape index (κ1) is 24.9. The van der Waals surface area contributed by atoms with Gasteiger partial charge in [0.15, 0.2) is 0 Å². The lowest BCUT2D eigenvalue weighted by Crippen LogP contribution is -2.26. The molecule has 0 aliphatic heterocycles. The summed E-state index contributed by atoms with van der Waals surface area (Å²) in [5, 5.41) is 0. The van der Waals surface area contributed by atoms with Gasteiger partial charge in [0.25, 0.3) is 0 Å². The van der Waals surface area contributed by atoms with Crippen LogP contribution in [0.15, 0.2) is 24.3 Å². The van der Waals surface area contributed by atoms with E-state index in [4.69, 9.17) is 0 Å². The van der Waals surface area contributed by atoms with Crippen molar-refractivity contribution in [3.63, 3.8) is 0 Å². The number of halogens is 6. The van der Waals surface area contributed by atoms with E-state index in [0.29, 0.717) is 42.4 Å². The Kier molecular flexibility index (Phi) is 7.20. The summed E-state index contributed by atoms with van der Waals surface area (Å²) >= 11 is 0. The summed E-state index contributed by atoms with van der Waals surface area (Å²) in [7, 11) is 0. The second-order valence-electron chi connectivity index (χ2n) is 10.2. The molecular weight excluding hydrogens is 454 g/mol. The molecule has 0 radical (unpaired) electrons. The van der Waals surface area contributed by atoms with Gasteiger partial charge in [-0.3, -0.25) is 0 Å². The third kappa shape index (κ3) is 5.23. The fourth-order valence-corrected chi connectivity index (χ4v) is 5.46. The Labute approximate surface area is 196 Å². The van der Waals surface area contributed by atoms with Gasteiger partial charge in [-0.15, -0.1) is 0 Å². The van der Waals surface area contributed by atoms with Gasteiger partial charge in [0, 0.05) is 17.7 Å². The van der Waals surface area contributed by atoms with Gasteiger partial charge in [-0.2, -0.15) is 8.78 Å². The van der Waals surface area contributed by atoms with Gasteiger partial charge < -0.3 is 4.74 Å². The Morgan fingerprint density at radius 3 is 1.56 bits per heavy atom. The highest BCUT2D eigenvalue weighted by atomic mass is 19.3. The van der Waals surface area contributed by atoms with Crippen LogP contribution < -0.4 is 4.74 Å². The first-order valence-corrected chi connectivity index (χ1v) is 12.1. The van der Waals surface area contributed by atoms with Gasteiger partial charge >= 0.3 is 6.11 Å². The maximum atomic E-state index is 14.8. The average Bonchev–Trinajstić information content (AvgIpc) is 2.74. The third-order valence-electron chi connectivity index (χ3n) is 7.57. The van der Waals surface area contributed by atoms with E-state index >= 15 is 0 Å². The maximum absolute atomic E-state index is 14.8. The topological polar surface area (TPSA) is 9.23 Å². The second kappa shape index (κ2) is 9.82. The van der Waals surface area contributed by atoms with E-state index in [2.05, 4.69) is 18.6 Å². The lowest BCUT2D eigenvalue weighted by molar-refractivity contribution is -0.189. The highest BCUT2D eigenvalue weighted by molar-refractivity contribution is 5.35. The van der Waals surface area contributed by atoms with Crippen molar-refractivity contribution in [3.8, 4) is 5.75 Å². The Bertz CT molecular complexity index is 974. The van der Waals surface area contributed by atoms with E-state index in [1.807, 2.05) is 0 Å². The van der Waals surface area contributed by atoms with Crippen LogP contribution >= 0.6 is 0 Å². The normalized spacial score (nSPS) is 25.9. The van der Waals surface area contributed by atoms with Crippen LogP contribution in [0.1, 0.15) is 93.7 Å². The molecule has 186 valence electrons. The molecule has 34 heavy (non-hydrogen) atoms. The molecule has 2 fully saturated rings. The minimum absolute atomic E-state index is 0.0951. The van der Waals surface area contributed by atoms with Crippen molar-refractivity contribution in [2.75, 3.05) is 0 Å². The molecule has 4 rings (SSSR count). The van der Waals surface area contributed by atoms with E-state index in [-0.39, 0.29) is 17.4 Å². The van der Waals surface area contributed by atoms with Crippen molar-refractivity contribution in [1.29, 1.82) is 0 Å². The van der Waals surface area contributed by atoms with Crippen LogP contribution in [-0.2, 0) is 6.11 Å². The number of hydrogen-bond acceptors (Lipinski definition) is 1. The molecule has 0 heterocycles. The van der Waals surface area contributed by atoms with E-state index in [0.717, 1.165) is 50.7 Å². The average molecular weight is 485 g/mol. The van der Waals surface area contributed by atoms with Crippen LogP contribution in [0.25, 0.3) is 0 Å². The van der Waals surface area contributed by atoms with E-state index in [1.54, 1.807) is 0 Å². The molecule has 0 saturated heterocycles. The van der Waals surface area contributed by atoms with Crippen LogP contribution in [0.2, 0.25) is 0 Å². The molecule has 0 amide bonds. The molecule has 2 aliphatic rings. The zero-order valence-electron chi connectivity index (χ0n) is 19.5. The number of hydrogen-bond donors (Lipinski definition) is 0. The number of rotatable bonds is 5. The maximum Gasteiger partial charge on any atom is 0.432 e. The molecule has 2 aliphatic carbocycles. The summed E-state index contributed by atoms with van der Waals surface area (Å²) in [5.74, 6) is -5.12. The molecule has 0 atom stereocenters. The molecule has 0 aromatic heterocycles. The SMILES string of the molecule is CC1CCC(c2cc(F)c(C(F)(F)Oc3cc(F)c(C4CCC(C)CC4)c(F)c3)c(F)c2)CC1. The molecule has 0 spiro atoms. The third-order valence-corrected chi connectivity index (χ3v) is 7.57. The van der Waals surface area contributed by atoms with Gasteiger partial charge in [0.2, 0.25) is 0 Å². The van der Waals surface area contributed by atoms with Crippen LogP contribution in [0.4, 0.5) is 26.3 Å². The number of ether oxygens (including phenoxy) is 1. The predicted octanol–water partition coefficient (Wildman–Crippen LogP) is 8.96. The minimum Gasteiger partial charge on any atom is -0.429 e. The molecule has 1 nitrogen and oxygen atoms in total. The summed E-state index contributed by atoms with van der Waals surface area (Å²) < 4.78 is 92.9. The van der Waals surface area contributed by atoms with E-state index in [1.165, 1.54) is 0 Å². The zero-order valence-corrected chi connectivity index (χ0v) is 19.5. The monoisotopic (exact) mass is 484 g/mol. The zero-order chi connectivity index (χ0) is 24.6. The van der Waals surface area contributed by atoms with Gasteiger partial charge in [0.1, 0.15) is 34.6 Å². The number of benzene rings is 2. The summed E-state index contributed by atoms with van der Waals surface area (Å²) in [6, 6.07) is 3.17. The van der Waals surface area contributed by atoms with Crippen LogP contribution in [0, 0.1) is 35.1 Å². The smallest absolute Gasteiger partial charge is 0.429 e. The largest absolute Gasteiger partial charge is 0.432 e. The van der Waals surface area contributed by atoms with Crippen LogP contribution in [0.5, 0.6) is 5.75 Å². The summed E-state index contributed by atoms with van der Waals surface area (Å²) in [6.45, 7) is 4.18. The Hall–Kier alpha value is -2.18. The molecule has 7 heteroatoms. The molecule has 0 N–H and O–H groups in total. The van der Waals surface area contributed by atoms with Crippen molar-refractivity contribution >= 4 is 0 Å². The molecule has 2 aromatic rings. The summed E-state index contributed by atoms with van der Waals surface area (Å²) in [4.78, 5) is 0. The lowest BCUT2D eigenvalue weighted by atomic mass is 9.79. The number of alkyl halides is 2. The van der Waals surface area contributed by atoms with Gasteiger partial charge in [-0.25, -0.2) is 17.6 Å². The Morgan fingerprint density at radius 1 is 0.647 bits per heavy atom. The fraction of sp³-hybridized carbons (Fsp3) is 0.556. The standard InChI is InChI=1S/C27H30F6O/c1-15-3-7-17(8-4-15)19-11-23(30)26(24(31)12-19)27(32,33)34-20-13-21(28)25(22(29)14-20)18-9-5-16(2)6-10-18/h11-18H,3-10H2,1-2H3. The first-order valence-electron chi connectivity index (χ1n) is 12.1. The van der Waals surface area contributed by atoms with Crippen LogP contribution in [0.3, 0.4) is 0 Å². The minimum atomic E-state index is -4.45. The van der Waals surface area contributed by atoms with Crippen molar-refractivity contribution in [2.24, 2.45) is 11.8 Å². The highest BCUT2D eigenvalue weighted by Gasteiger charge is 2.42. The molecule has 2 aromatic carbocycles.